The van der Waals surface area contributed by atoms with E-state index in [1.54, 1.807) is 6.08 Å². The fourth-order valence-electron chi connectivity index (χ4n) is 1.61. The Hall–Kier alpha value is -1.57. The molecule has 0 aliphatic carbocycles. The van der Waals surface area contributed by atoms with Gasteiger partial charge in [-0.25, -0.2) is 4.79 Å². The number of aryl methyl sites for hydroxylation is 2. The summed E-state index contributed by atoms with van der Waals surface area (Å²) < 4.78 is 5.19. The number of hydrogen-bond donors (Lipinski definition) is 0. The van der Waals surface area contributed by atoms with E-state index >= 15 is 0 Å². The van der Waals surface area contributed by atoms with Gasteiger partial charge in [0, 0.05) is 6.08 Å². The topological polar surface area (TPSA) is 26.3 Å². The Morgan fingerprint density at radius 1 is 1.12 bits per heavy atom. The van der Waals surface area contributed by atoms with Gasteiger partial charge in [0.05, 0.1) is 0 Å². The van der Waals surface area contributed by atoms with Crippen LogP contribution in [-0.4, -0.2) is 11.6 Å². The molecule has 0 fully saturated rings. The van der Waals surface area contributed by atoms with E-state index in [-0.39, 0.29) is 5.97 Å². The van der Waals surface area contributed by atoms with E-state index in [0.29, 0.717) is 0 Å². The quantitative estimate of drug-likeness (QED) is 0.574. The molecule has 0 radical (unpaired) electrons. The highest BCUT2D eigenvalue weighted by atomic mass is 16.6. The maximum Gasteiger partial charge on any atom is 0.331 e. The first-order valence-electron chi connectivity index (χ1n) is 5.76. The zero-order valence-electron chi connectivity index (χ0n) is 11.2. The average Bonchev–Trinajstić information content (AvgIpc) is 2.10. The molecule has 0 aromatic heterocycles. The fourth-order valence-corrected chi connectivity index (χ4v) is 1.61. The van der Waals surface area contributed by atoms with Gasteiger partial charge in [-0.15, -0.1) is 0 Å². The summed E-state index contributed by atoms with van der Waals surface area (Å²) in [6, 6.07) is 6.17. The normalized spacial score (nSPS) is 11.8. The Morgan fingerprint density at radius 2 is 1.65 bits per heavy atom. The summed E-state index contributed by atoms with van der Waals surface area (Å²) in [6.07, 6.45) is 3.26. The third kappa shape index (κ3) is 5.34. The maximum absolute atomic E-state index is 11.5. The minimum atomic E-state index is -0.441. The Balaban J connectivity index is 2.74. The molecule has 0 aliphatic rings. The molecule has 0 unspecified atom stereocenters. The molecule has 0 amide bonds. The molecule has 0 N–H and O–H groups in total. The van der Waals surface area contributed by atoms with Crippen LogP contribution in [0.2, 0.25) is 0 Å². The highest BCUT2D eigenvalue weighted by Gasteiger charge is 2.13. The van der Waals surface area contributed by atoms with Crippen LogP contribution in [0.25, 0.3) is 6.08 Å². The van der Waals surface area contributed by atoms with Gasteiger partial charge >= 0.3 is 5.97 Å². The lowest BCUT2D eigenvalue weighted by atomic mass is 10.1. The molecular formula is C15H20O2. The van der Waals surface area contributed by atoms with Crippen LogP contribution in [0.5, 0.6) is 0 Å². The van der Waals surface area contributed by atoms with Gasteiger partial charge < -0.3 is 4.74 Å². The summed E-state index contributed by atoms with van der Waals surface area (Å²) in [5.41, 5.74) is 2.96. The van der Waals surface area contributed by atoms with E-state index in [1.165, 1.54) is 17.2 Å². The molecule has 0 spiro atoms. The van der Waals surface area contributed by atoms with Crippen LogP contribution in [0.15, 0.2) is 24.3 Å². The minimum absolute atomic E-state index is 0.309. The van der Waals surface area contributed by atoms with Crippen molar-refractivity contribution in [2.24, 2.45) is 0 Å². The lowest BCUT2D eigenvalue weighted by Crippen LogP contribution is -2.22. The van der Waals surface area contributed by atoms with E-state index in [2.05, 4.69) is 6.07 Å². The molecule has 0 heterocycles. The summed E-state index contributed by atoms with van der Waals surface area (Å²) in [5, 5.41) is 0. The average molecular weight is 232 g/mol. The number of hydrogen-bond acceptors (Lipinski definition) is 2. The summed E-state index contributed by atoms with van der Waals surface area (Å²) in [7, 11) is 0. The molecule has 0 saturated carbocycles. The van der Waals surface area contributed by atoms with E-state index in [0.717, 1.165) is 5.56 Å². The first-order valence-corrected chi connectivity index (χ1v) is 5.76. The number of benzene rings is 1. The lowest BCUT2D eigenvalue weighted by Gasteiger charge is -2.17. The molecule has 0 aliphatic heterocycles. The van der Waals surface area contributed by atoms with Crippen molar-refractivity contribution >= 4 is 12.0 Å². The van der Waals surface area contributed by atoms with Crippen molar-refractivity contribution in [3.05, 3.63) is 41.0 Å². The zero-order chi connectivity index (χ0) is 13.1. The van der Waals surface area contributed by atoms with Crippen LogP contribution in [0.3, 0.4) is 0 Å². The van der Waals surface area contributed by atoms with E-state index in [9.17, 15) is 4.79 Å². The summed E-state index contributed by atoms with van der Waals surface area (Å²) >= 11 is 0. The van der Waals surface area contributed by atoms with E-state index in [1.807, 2.05) is 46.8 Å². The van der Waals surface area contributed by atoms with Crippen LogP contribution in [-0.2, 0) is 9.53 Å². The van der Waals surface area contributed by atoms with Crippen molar-refractivity contribution in [1.82, 2.24) is 0 Å². The highest BCUT2D eigenvalue weighted by Crippen LogP contribution is 2.12. The van der Waals surface area contributed by atoms with Crippen molar-refractivity contribution in [2.75, 3.05) is 0 Å². The second-order valence-corrected chi connectivity index (χ2v) is 5.29. The molecule has 92 valence electrons. The van der Waals surface area contributed by atoms with Gasteiger partial charge in [0.1, 0.15) is 5.60 Å². The molecule has 1 aromatic rings. The zero-order valence-corrected chi connectivity index (χ0v) is 11.2. The molecular weight excluding hydrogens is 212 g/mol. The second-order valence-electron chi connectivity index (χ2n) is 5.29. The van der Waals surface area contributed by atoms with Crippen LogP contribution in [0.4, 0.5) is 0 Å². The minimum Gasteiger partial charge on any atom is -0.457 e. The van der Waals surface area contributed by atoms with Crippen molar-refractivity contribution in [2.45, 2.75) is 40.2 Å². The summed E-state index contributed by atoms with van der Waals surface area (Å²) in [6.45, 7) is 9.65. The summed E-state index contributed by atoms with van der Waals surface area (Å²) in [4.78, 5) is 11.5. The number of carbonyl (C=O) groups is 1. The van der Waals surface area contributed by atoms with Crippen molar-refractivity contribution in [3.8, 4) is 0 Å². The van der Waals surface area contributed by atoms with Gasteiger partial charge in [-0.2, -0.15) is 0 Å². The van der Waals surface area contributed by atoms with Crippen molar-refractivity contribution in [3.63, 3.8) is 0 Å². The molecule has 2 heteroatoms. The van der Waals surface area contributed by atoms with Gasteiger partial charge in [-0.1, -0.05) is 29.3 Å². The number of carbonyl (C=O) groups excluding carboxylic acids is 1. The highest BCUT2D eigenvalue weighted by molar-refractivity contribution is 5.87. The van der Waals surface area contributed by atoms with Gasteiger partial charge in [-0.05, 0) is 46.3 Å². The maximum atomic E-state index is 11.5. The van der Waals surface area contributed by atoms with Gasteiger partial charge in [-0.3, -0.25) is 0 Å². The Kier molecular flexibility index (Phi) is 4.11. The predicted octanol–water partition coefficient (Wildman–Crippen LogP) is 3.66. The number of esters is 1. The lowest BCUT2D eigenvalue weighted by molar-refractivity contribution is -0.148. The fraction of sp³-hybridized carbons (Fsp3) is 0.400. The molecule has 2 nitrogen and oxygen atoms in total. The Labute approximate surface area is 103 Å². The van der Waals surface area contributed by atoms with Gasteiger partial charge in [0.2, 0.25) is 0 Å². The van der Waals surface area contributed by atoms with Crippen molar-refractivity contribution in [1.29, 1.82) is 0 Å². The standard InChI is InChI=1S/C15H20O2/c1-11-8-12(2)10-13(9-11)6-7-14(16)17-15(3,4)5/h6-10H,1-5H3/b7-6+. The predicted molar refractivity (Wildman–Crippen MR) is 70.8 cm³/mol. The third-order valence-corrected chi connectivity index (χ3v) is 2.06. The molecule has 17 heavy (non-hydrogen) atoms. The van der Waals surface area contributed by atoms with Crippen LogP contribution >= 0.6 is 0 Å². The molecule has 0 atom stereocenters. The van der Waals surface area contributed by atoms with Gasteiger partial charge in [0.15, 0.2) is 0 Å². The van der Waals surface area contributed by atoms with Crippen LogP contribution < -0.4 is 0 Å². The molecule has 0 saturated heterocycles. The van der Waals surface area contributed by atoms with E-state index in [4.69, 9.17) is 4.74 Å². The smallest absolute Gasteiger partial charge is 0.331 e. The Bertz CT molecular complexity index is 416. The number of rotatable bonds is 2. The monoisotopic (exact) mass is 232 g/mol. The van der Waals surface area contributed by atoms with Crippen LogP contribution in [0.1, 0.15) is 37.5 Å². The van der Waals surface area contributed by atoms with E-state index < -0.39 is 5.60 Å². The van der Waals surface area contributed by atoms with Crippen molar-refractivity contribution < 1.29 is 9.53 Å². The SMILES string of the molecule is Cc1cc(C)cc(/C=C/C(=O)OC(C)(C)C)c1. The first-order chi connectivity index (χ1) is 7.76. The largest absolute Gasteiger partial charge is 0.457 e. The number of ether oxygens (including phenoxy) is 1. The van der Waals surface area contributed by atoms with Gasteiger partial charge in [0.25, 0.3) is 0 Å². The molecule has 1 rings (SSSR count). The third-order valence-electron chi connectivity index (χ3n) is 2.06. The van der Waals surface area contributed by atoms with Crippen LogP contribution in [0, 0.1) is 13.8 Å². The molecule has 0 bridgehead atoms. The first kappa shape index (κ1) is 13.5. The Morgan fingerprint density at radius 3 is 2.12 bits per heavy atom. The summed E-state index contributed by atoms with van der Waals surface area (Å²) in [5.74, 6) is -0.309. The molecule has 1 aromatic carbocycles. The second kappa shape index (κ2) is 5.17.